The van der Waals surface area contributed by atoms with Crippen molar-refractivity contribution in [2.45, 2.75) is 5.75 Å². The van der Waals surface area contributed by atoms with E-state index in [4.69, 9.17) is 5.11 Å². The Labute approximate surface area is 93.1 Å². The summed E-state index contributed by atoms with van der Waals surface area (Å²) in [6.07, 6.45) is 0. The first-order valence-corrected chi connectivity index (χ1v) is 5.72. The summed E-state index contributed by atoms with van der Waals surface area (Å²) in [4.78, 5) is 10.9. The summed E-state index contributed by atoms with van der Waals surface area (Å²) in [7, 11) is 0. The molecule has 0 aliphatic heterocycles. The molecule has 0 spiro atoms. The van der Waals surface area contributed by atoms with E-state index in [1.54, 1.807) is 11.8 Å². The van der Waals surface area contributed by atoms with Crippen molar-refractivity contribution in [1.82, 2.24) is 10.6 Å². The van der Waals surface area contributed by atoms with Crippen LogP contribution in [0.4, 0.5) is 4.79 Å². The minimum Gasteiger partial charge on any atom is -0.376 e. The van der Waals surface area contributed by atoms with Gasteiger partial charge in [-0.15, -0.1) is 11.8 Å². The molecule has 0 unspecified atom stereocenters. The molecule has 3 N–H and O–H groups in total. The lowest BCUT2D eigenvalue weighted by atomic mass is 10.2. The molecule has 4 nitrogen and oxygen atoms in total. The van der Waals surface area contributed by atoms with Gasteiger partial charge in [0.1, 0.15) is 6.73 Å². The van der Waals surface area contributed by atoms with Crippen molar-refractivity contribution in [3.8, 4) is 0 Å². The van der Waals surface area contributed by atoms with Gasteiger partial charge in [0.15, 0.2) is 0 Å². The second-order valence-corrected chi connectivity index (χ2v) is 3.80. The fraction of sp³-hybridized carbons (Fsp3) is 0.300. The van der Waals surface area contributed by atoms with Gasteiger partial charge in [-0.3, -0.25) is 0 Å². The lowest BCUT2D eigenvalue weighted by Gasteiger charge is -2.05. The number of carbonyl (C=O) groups is 1. The Bertz CT molecular complexity index is 293. The number of thioether (sulfide) groups is 1. The fourth-order valence-electron chi connectivity index (χ4n) is 0.994. The van der Waals surface area contributed by atoms with Crippen LogP contribution in [0.5, 0.6) is 0 Å². The summed E-state index contributed by atoms with van der Waals surface area (Å²) in [5, 5.41) is 13.2. The van der Waals surface area contributed by atoms with Gasteiger partial charge in [-0.25, -0.2) is 4.79 Å². The number of rotatable bonds is 5. The van der Waals surface area contributed by atoms with Gasteiger partial charge in [-0.1, -0.05) is 30.3 Å². The number of nitrogens with one attached hydrogen (secondary N) is 2. The van der Waals surface area contributed by atoms with E-state index in [1.807, 2.05) is 30.3 Å². The highest BCUT2D eigenvalue weighted by atomic mass is 32.2. The van der Waals surface area contributed by atoms with Crippen molar-refractivity contribution >= 4 is 17.8 Å². The number of hydrogen-bond donors (Lipinski definition) is 3. The quantitative estimate of drug-likeness (QED) is 0.521. The normalized spacial score (nSPS) is 9.67. The van der Waals surface area contributed by atoms with Crippen molar-refractivity contribution in [3.63, 3.8) is 0 Å². The first-order valence-electron chi connectivity index (χ1n) is 4.57. The minimum absolute atomic E-state index is 0.338. The molecule has 1 aromatic rings. The molecule has 15 heavy (non-hydrogen) atoms. The van der Waals surface area contributed by atoms with Crippen LogP contribution >= 0.6 is 11.8 Å². The maximum Gasteiger partial charge on any atom is 0.317 e. The van der Waals surface area contributed by atoms with E-state index < -0.39 is 0 Å². The van der Waals surface area contributed by atoms with Crippen LogP contribution < -0.4 is 10.6 Å². The summed E-state index contributed by atoms with van der Waals surface area (Å²) >= 11 is 1.61. The molecular weight excluding hydrogens is 212 g/mol. The van der Waals surface area contributed by atoms with E-state index in [1.165, 1.54) is 5.56 Å². The summed E-state index contributed by atoms with van der Waals surface area (Å²) in [5.74, 6) is 1.39. The van der Waals surface area contributed by atoms with Gasteiger partial charge in [0.25, 0.3) is 0 Å². The summed E-state index contributed by atoms with van der Waals surface area (Å²) in [6, 6.07) is 9.68. The average Bonchev–Trinajstić information content (AvgIpc) is 2.26. The number of aliphatic hydroxyl groups is 1. The third kappa shape index (κ3) is 5.29. The maximum atomic E-state index is 10.9. The lowest BCUT2D eigenvalue weighted by Crippen LogP contribution is -2.35. The van der Waals surface area contributed by atoms with Crippen LogP contribution in [0, 0.1) is 0 Å². The second-order valence-electron chi connectivity index (χ2n) is 2.82. The molecule has 0 radical (unpaired) electrons. The van der Waals surface area contributed by atoms with Crippen molar-refractivity contribution in [1.29, 1.82) is 0 Å². The van der Waals surface area contributed by atoms with Crippen LogP contribution in [0.15, 0.2) is 30.3 Å². The molecular formula is C10H14N2O2S. The van der Waals surface area contributed by atoms with Crippen molar-refractivity contribution in [2.75, 3.05) is 12.6 Å². The lowest BCUT2D eigenvalue weighted by molar-refractivity contribution is 0.219. The third-order valence-electron chi connectivity index (χ3n) is 1.69. The molecule has 5 heteroatoms. The molecule has 0 saturated carbocycles. The number of amides is 2. The molecule has 82 valence electrons. The molecule has 0 saturated heterocycles. The molecule has 0 atom stereocenters. The van der Waals surface area contributed by atoms with Crippen LogP contribution in [-0.2, 0) is 5.75 Å². The largest absolute Gasteiger partial charge is 0.376 e. The minimum atomic E-state index is -0.349. The van der Waals surface area contributed by atoms with Crippen LogP contribution in [-0.4, -0.2) is 23.7 Å². The monoisotopic (exact) mass is 226 g/mol. The molecule has 1 aromatic carbocycles. The zero-order valence-electron chi connectivity index (χ0n) is 8.27. The van der Waals surface area contributed by atoms with Crippen LogP contribution in [0.1, 0.15) is 5.56 Å². The molecule has 0 heterocycles. The summed E-state index contributed by atoms with van der Waals surface area (Å²) in [6.45, 7) is -0.338. The topological polar surface area (TPSA) is 61.4 Å². The Kier molecular flexibility index (Phi) is 5.65. The van der Waals surface area contributed by atoms with E-state index in [0.717, 1.165) is 5.75 Å². The van der Waals surface area contributed by atoms with Crippen LogP contribution in [0.25, 0.3) is 0 Å². The maximum absolute atomic E-state index is 10.9. The number of urea groups is 1. The highest BCUT2D eigenvalue weighted by Gasteiger charge is 1.97. The highest BCUT2D eigenvalue weighted by molar-refractivity contribution is 7.98. The van der Waals surface area contributed by atoms with Crippen molar-refractivity contribution in [2.24, 2.45) is 0 Å². The number of carbonyl (C=O) groups excluding carboxylic acids is 1. The number of aliphatic hydroxyl groups excluding tert-OH is 1. The first-order chi connectivity index (χ1) is 7.33. The Morgan fingerprint density at radius 3 is 2.67 bits per heavy atom. The van der Waals surface area contributed by atoms with Crippen LogP contribution in [0.3, 0.4) is 0 Å². The molecule has 0 bridgehead atoms. The smallest absolute Gasteiger partial charge is 0.317 e. The standard InChI is InChI=1S/C10H14N2O2S/c13-7-11-10(14)12-8-15-6-9-4-2-1-3-5-9/h1-5,13H,6-8H2,(H2,11,12,14). The van der Waals surface area contributed by atoms with Gasteiger partial charge < -0.3 is 15.7 Å². The Morgan fingerprint density at radius 1 is 1.27 bits per heavy atom. The second kappa shape index (κ2) is 7.14. The van der Waals surface area contributed by atoms with Gasteiger partial charge in [0, 0.05) is 5.75 Å². The van der Waals surface area contributed by atoms with Gasteiger partial charge in [0.05, 0.1) is 5.88 Å². The van der Waals surface area contributed by atoms with Gasteiger partial charge in [0.2, 0.25) is 0 Å². The highest BCUT2D eigenvalue weighted by Crippen LogP contribution is 2.09. The Morgan fingerprint density at radius 2 is 2.00 bits per heavy atom. The summed E-state index contributed by atoms with van der Waals surface area (Å²) in [5.41, 5.74) is 1.23. The molecule has 0 aliphatic rings. The van der Waals surface area contributed by atoms with Crippen molar-refractivity contribution in [3.05, 3.63) is 35.9 Å². The van der Waals surface area contributed by atoms with E-state index >= 15 is 0 Å². The van der Waals surface area contributed by atoms with Gasteiger partial charge in [-0.05, 0) is 5.56 Å². The predicted octanol–water partition coefficient (Wildman–Crippen LogP) is 1.13. The Hall–Kier alpha value is -1.20. The van der Waals surface area contributed by atoms with Gasteiger partial charge in [-0.2, -0.15) is 0 Å². The van der Waals surface area contributed by atoms with E-state index in [-0.39, 0.29) is 12.8 Å². The zero-order chi connectivity index (χ0) is 10.9. The van der Waals surface area contributed by atoms with Crippen molar-refractivity contribution < 1.29 is 9.90 Å². The number of hydrogen-bond acceptors (Lipinski definition) is 3. The zero-order valence-corrected chi connectivity index (χ0v) is 9.09. The molecule has 0 fully saturated rings. The SMILES string of the molecule is O=C(NCO)NCSCc1ccccc1. The molecule has 1 rings (SSSR count). The Balaban J connectivity index is 2.10. The first kappa shape index (κ1) is 11.9. The van der Waals surface area contributed by atoms with E-state index in [0.29, 0.717) is 5.88 Å². The van der Waals surface area contributed by atoms with E-state index in [2.05, 4.69) is 10.6 Å². The predicted molar refractivity (Wildman–Crippen MR) is 61.4 cm³/mol. The third-order valence-corrected chi connectivity index (χ3v) is 2.57. The summed E-state index contributed by atoms with van der Waals surface area (Å²) < 4.78 is 0. The average molecular weight is 226 g/mol. The number of benzene rings is 1. The molecule has 2 amide bonds. The molecule has 0 aliphatic carbocycles. The fourth-order valence-corrected chi connectivity index (χ4v) is 1.76. The molecule has 0 aromatic heterocycles. The van der Waals surface area contributed by atoms with E-state index in [9.17, 15) is 4.79 Å². The van der Waals surface area contributed by atoms with Gasteiger partial charge >= 0.3 is 6.03 Å². The van der Waals surface area contributed by atoms with Crippen LogP contribution in [0.2, 0.25) is 0 Å².